The molecule has 1 aromatic carbocycles. The molecule has 0 bridgehead atoms. The van der Waals surface area contributed by atoms with Crippen LogP contribution in [0.3, 0.4) is 0 Å². The molecule has 0 aliphatic carbocycles. The zero-order valence-electron chi connectivity index (χ0n) is 7.45. The van der Waals surface area contributed by atoms with Gasteiger partial charge in [0.25, 0.3) is 0 Å². The monoisotopic (exact) mass is 243 g/mol. The molecule has 4 heteroatoms. The van der Waals surface area contributed by atoms with Gasteiger partial charge in [-0.05, 0) is 40.2 Å². The molecule has 1 aromatic rings. The van der Waals surface area contributed by atoms with E-state index in [0.717, 1.165) is 11.3 Å². The maximum Gasteiger partial charge on any atom is 0.152 e. The summed E-state index contributed by atoms with van der Waals surface area (Å²) >= 11 is 3.28. The minimum Gasteiger partial charge on any atom is -0.497 e. The number of ether oxygens (including phenoxy) is 1. The van der Waals surface area contributed by atoms with E-state index in [0.29, 0.717) is 4.62 Å². The summed E-state index contributed by atoms with van der Waals surface area (Å²) < 4.78 is 5.69. The van der Waals surface area contributed by atoms with Crippen molar-refractivity contribution in [3.63, 3.8) is 0 Å². The van der Waals surface area contributed by atoms with E-state index in [1.165, 1.54) is 7.11 Å². The number of methoxy groups -OCH3 is 1. The van der Waals surface area contributed by atoms with Gasteiger partial charge >= 0.3 is 0 Å². The van der Waals surface area contributed by atoms with E-state index >= 15 is 0 Å². The van der Waals surface area contributed by atoms with Crippen molar-refractivity contribution in [1.29, 1.82) is 0 Å². The van der Waals surface area contributed by atoms with Crippen molar-refractivity contribution in [2.45, 2.75) is 0 Å². The Labute approximate surface area is 85.5 Å². The summed E-state index contributed by atoms with van der Waals surface area (Å²) in [6, 6.07) is 7.51. The number of hydrogen-bond acceptors (Lipinski definition) is 3. The molecule has 0 atom stereocenters. The van der Waals surface area contributed by atoms with Crippen LogP contribution in [-0.4, -0.2) is 18.8 Å². The summed E-state index contributed by atoms with van der Waals surface area (Å²) in [6.07, 6.45) is 0. The molecule has 3 nitrogen and oxygen atoms in total. The average molecular weight is 244 g/mol. The smallest absolute Gasteiger partial charge is 0.152 e. The van der Waals surface area contributed by atoms with E-state index in [1.54, 1.807) is 7.11 Å². The second-order valence-electron chi connectivity index (χ2n) is 2.29. The van der Waals surface area contributed by atoms with Crippen LogP contribution in [0.25, 0.3) is 0 Å². The Morgan fingerprint density at radius 3 is 2.31 bits per heavy atom. The molecule has 1 rings (SSSR count). The van der Waals surface area contributed by atoms with Crippen LogP contribution in [0.15, 0.2) is 29.4 Å². The Morgan fingerprint density at radius 1 is 1.23 bits per heavy atom. The Kier molecular flexibility index (Phi) is 3.76. The normalized spacial score (nSPS) is 11.2. The first-order valence-electron chi connectivity index (χ1n) is 3.69. The summed E-state index contributed by atoms with van der Waals surface area (Å²) in [4.78, 5) is 4.62. The van der Waals surface area contributed by atoms with Crippen molar-refractivity contribution in [3.05, 3.63) is 29.8 Å². The molecule has 13 heavy (non-hydrogen) atoms. The van der Waals surface area contributed by atoms with Crippen molar-refractivity contribution in [3.8, 4) is 5.75 Å². The highest BCUT2D eigenvalue weighted by Crippen LogP contribution is 2.14. The molecular weight excluding hydrogens is 234 g/mol. The van der Waals surface area contributed by atoms with Crippen molar-refractivity contribution in [2.24, 2.45) is 5.16 Å². The molecule has 0 heterocycles. The number of nitrogens with zero attached hydrogens (tertiary/aromatic N) is 1. The van der Waals surface area contributed by atoms with Gasteiger partial charge < -0.3 is 9.57 Å². The molecule has 0 amide bonds. The SMILES string of the molecule is CO/N=C(\Br)c1ccc(OC)cc1. The van der Waals surface area contributed by atoms with Crippen molar-refractivity contribution < 1.29 is 9.57 Å². The van der Waals surface area contributed by atoms with Gasteiger partial charge in [0, 0.05) is 5.56 Å². The van der Waals surface area contributed by atoms with Crippen molar-refractivity contribution >= 4 is 20.6 Å². The molecule has 0 aliphatic rings. The minimum atomic E-state index is 0.664. The van der Waals surface area contributed by atoms with Crippen LogP contribution in [0, 0.1) is 0 Å². The molecule has 0 aliphatic heterocycles. The van der Waals surface area contributed by atoms with E-state index in [1.807, 2.05) is 24.3 Å². The predicted molar refractivity (Wildman–Crippen MR) is 55.5 cm³/mol. The van der Waals surface area contributed by atoms with Gasteiger partial charge in [-0.25, -0.2) is 0 Å². The minimum absolute atomic E-state index is 0.664. The molecule has 0 saturated heterocycles. The highest BCUT2D eigenvalue weighted by Gasteiger charge is 1.99. The molecule has 0 N–H and O–H groups in total. The Hall–Kier alpha value is -1.03. The number of rotatable bonds is 3. The second kappa shape index (κ2) is 4.87. The first-order chi connectivity index (χ1) is 6.27. The van der Waals surface area contributed by atoms with Crippen molar-refractivity contribution in [1.82, 2.24) is 0 Å². The van der Waals surface area contributed by atoms with Gasteiger partial charge in [-0.1, -0.05) is 5.16 Å². The quantitative estimate of drug-likeness (QED) is 0.603. The summed E-state index contributed by atoms with van der Waals surface area (Å²) in [5.74, 6) is 0.821. The number of hydrogen-bond donors (Lipinski definition) is 0. The van der Waals surface area contributed by atoms with Gasteiger partial charge in [-0.15, -0.1) is 0 Å². The third kappa shape index (κ3) is 2.73. The lowest BCUT2D eigenvalue weighted by molar-refractivity contribution is 0.215. The molecular formula is C9H10BrNO2. The van der Waals surface area contributed by atoms with E-state index in [2.05, 4.69) is 25.9 Å². The standard InChI is InChI=1S/C9H10BrNO2/c1-12-8-5-3-7(4-6-8)9(10)11-13-2/h3-6H,1-2H3/b11-9-. The first kappa shape index (κ1) is 10.1. The molecule has 0 unspecified atom stereocenters. The fourth-order valence-corrected chi connectivity index (χ4v) is 1.27. The van der Waals surface area contributed by atoms with Gasteiger partial charge in [0.2, 0.25) is 0 Å². The lowest BCUT2D eigenvalue weighted by Gasteiger charge is -2.00. The van der Waals surface area contributed by atoms with E-state index in [9.17, 15) is 0 Å². The Morgan fingerprint density at radius 2 is 1.85 bits per heavy atom. The fourth-order valence-electron chi connectivity index (χ4n) is 0.861. The number of benzene rings is 1. The largest absolute Gasteiger partial charge is 0.497 e. The van der Waals surface area contributed by atoms with Crippen LogP contribution in [0.4, 0.5) is 0 Å². The topological polar surface area (TPSA) is 30.8 Å². The van der Waals surface area contributed by atoms with Gasteiger partial charge in [-0.3, -0.25) is 0 Å². The highest BCUT2D eigenvalue weighted by atomic mass is 79.9. The Bertz CT molecular complexity index is 295. The van der Waals surface area contributed by atoms with Gasteiger partial charge in [0.15, 0.2) is 4.62 Å². The third-order valence-corrected chi connectivity index (χ3v) is 2.10. The Balaban J connectivity index is 2.85. The zero-order chi connectivity index (χ0) is 9.68. The van der Waals surface area contributed by atoms with E-state index < -0.39 is 0 Å². The summed E-state index contributed by atoms with van der Waals surface area (Å²) in [7, 11) is 3.14. The number of oxime groups is 1. The lowest BCUT2D eigenvalue weighted by atomic mass is 10.2. The first-order valence-corrected chi connectivity index (χ1v) is 4.48. The molecule has 0 saturated carbocycles. The lowest BCUT2D eigenvalue weighted by Crippen LogP contribution is -1.91. The van der Waals surface area contributed by atoms with Crippen LogP contribution in [-0.2, 0) is 4.84 Å². The van der Waals surface area contributed by atoms with E-state index in [-0.39, 0.29) is 0 Å². The molecule has 70 valence electrons. The zero-order valence-corrected chi connectivity index (χ0v) is 9.04. The maximum atomic E-state index is 5.02. The van der Waals surface area contributed by atoms with Gasteiger partial charge in [0.1, 0.15) is 12.9 Å². The maximum absolute atomic E-state index is 5.02. The summed E-state index contributed by atoms with van der Waals surface area (Å²) in [6.45, 7) is 0. The van der Waals surface area contributed by atoms with Crippen LogP contribution in [0.1, 0.15) is 5.56 Å². The second-order valence-corrected chi connectivity index (χ2v) is 3.04. The van der Waals surface area contributed by atoms with Crippen LogP contribution in [0.5, 0.6) is 5.75 Å². The molecule has 0 aromatic heterocycles. The predicted octanol–water partition coefficient (Wildman–Crippen LogP) is 2.40. The fraction of sp³-hybridized carbons (Fsp3) is 0.222. The highest BCUT2D eigenvalue weighted by molar-refractivity contribution is 9.18. The van der Waals surface area contributed by atoms with Gasteiger partial charge in [0.05, 0.1) is 7.11 Å². The summed E-state index contributed by atoms with van der Waals surface area (Å²) in [5.41, 5.74) is 0.947. The third-order valence-electron chi connectivity index (χ3n) is 1.50. The molecule has 0 spiro atoms. The van der Waals surface area contributed by atoms with Crippen molar-refractivity contribution in [2.75, 3.05) is 14.2 Å². The van der Waals surface area contributed by atoms with Gasteiger partial charge in [-0.2, -0.15) is 0 Å². The molecule has 0 fully saturated rings. The number of halogens is 1. The van der Waals surface area contributed by atoms with Crippen LogP contribution >= 0.6 is 15.9 Å². The average Bonchev–Trinajstić information content (AvgIpc) is 2.18. The van der Waals surface area contributed by atoms with Crippen LogP contribution < -0.4 is 4.74 Å². The van der Waals surface area contributed by atoms with Crippen LogP contribution in [0.2, 0.25) is 0 Å². The molecule has 0 radical (unpaired) electrons. The van der Waals surface area contributed by atoms with E-state index in [4.69, 9.17) is 4.74 Å². The summed E-state index contributed by atoms with van der Waals surface area (Å²) in [5, 5.41) is 3.74.